The first-order valence-corrected chi connectivity index (χ1v) is 11.5. The Labute approximate surface area is 185 Å². The van der Waals surface area contributed by atoms with E-state index in [1.54, 1.807) is 6.33 Å². The second-order valence-corrected chi connectivity index (χ2v) is 8.63. The summed E-state index contributed by atoms with van der Waals surface area (Å²) in [6, 6.07) is 15.6. The summed E-state index contributed by atoms with van der Waals surface area (Å²) in [5.41, 5.74) is 2.88. The lowest BCUT2D eigenvalue weighted by Gasteiger charge is -2.22. The summed E-state index contributed by atoms with van der Waals surface area (Å²) in [6.07, 6.45) is 6.74. The van der Waals surface area contributed by atoms with Crippen LogP contribution in [-0.4, -0.2) is 39.5 Å². The summed E-state index contributed by atoms with van der Waals surface area (Å²) in [6.45, 7) is 2.21. The third kappa shape index (κ3) is 5.34. The zero-order valence-electron chi connectivity index (χ0n) is 16.6. The standard InChI is InChI=1S/C22H24ClN5OS/c23-17-6-5-7-20(14-17)28-16-24-26-22(28)30-15-21(29)25-18-8-10-19(11-9-18)27-12-3-1-2-4-13-27/h5-11,14,16H,1-4,12-13,15H2,(H,25,29). The van der Waals surface area contributed by atoms with Gasteiger partial charge in [0.05, 0.1) is 11.4 Å². The van der Waals surface area contributed by atoms with E-state index in [0.29, 0.717) is 10.2 Å². The van der Waals surface area contributed by atoms with Crippen molar-refractivity contribution in [3.8, 4) is 5.69 Å². The molecule has 30 heavy (non-hydrogen) atoms. The van der Waals surface area contributed by atoms with Crippen LogP contribution in [0.4, 0.5) is 11.4 Å². The van der Waals surface area contributed by atoms with E-state index in [1.165, 1.54) is 43.1 Å². The van der Waals surface area contributed by atoms with E-state index >= 15 is 0 Å². The van der Waals surface area contributed by atoms with Crippen LogP contribution in [0, 0.1) is 0 Å². The molecule has 8 heteroatoms. The van der Waals surface area contributed by atoms with Crippen molar-refractivity contribution in [3.05, 3.63) is 59.9 Å². The summed E-state index contributed by atoms with van der Waals surface area (Å²) in [7, 11) is 0. The number of amides is 1. The van der Waals surface area contributed by atoms with Gasteiger partial charge in [0.2, 0.25) is 5.91 Å². The maximum Gasteiger partial charge on any atom is 0.234 e. The summed E-state index contributed by atoms with van der Waals surface area (Å²) in [5, 5.41) is 12.3. The number of halogens is 1. The second-order valence-electron chi connectivity index (χ2n) is 7.25. The highest BCUT2D eigenvalue weighted by Crippen LogP contribution is 2.23. The highest BCUT2D eigenvalue weighted by atomic mass is 35.5. The first-order valence-electron chi connectivity index (χ1n) is 10.1. The van der Waals surface area contributed by atoms with Crippen molar-refractivity contribution in [1.29, 1.82) is 0 Å². The normalized spacial score (nSPS) is 14.4. The van der Waals surface area contributed by atoms with Gasteiger partial charge in [-0.05, 0) is 55.3 Å². The van der Waals surface area contributed by atoms with Gasteiger partial charge in [0.15, 0.2) is 5.16 Å². The number of nitrogens with one attached hydrogen (secondary N) is 1. The molecule has 1 aliphatic heterocycles. The minimum atomic E-state index is -0.0804. The largest absolute Gasteiger partial charge is 0.372 e. The smallest absolute Gasteiger partial charge is 0.234 e. The number of rotatable bonds is 6. The zero-order valence-corrected chi connectivity index (χ0v) is 18.2. The fourth-order valence-corrected chi connectivity index (χ4v) is 4.45. The van der Waals surface area contributed by atoms with E-state index in [4.69, 9.17) is 11.6 Å². The van der Waals surface area contributed by atoms with Gasteiger partial charge >= 0.3 is 0 Å². The molecule has 0 atom stereocenters. The first kappa shape index (κ1) is 20.8. The maximum atomic E-state index is 12.4. The molecule has 4 rings (SSSR count). The van der Waals surface area contributed by atoms with Crippen molar-refractivity contribution in [2.45, 2.75) is 30.8 Å². The van der Waals surface area contributed by atoms with Gasteiger partial charge in [0.25, 0.3) is 0 Å². The zero-order chi connectivity index (χ0) is 20.8. The van der Waals surface area contributed by atoms with Gasteiger partial charge in [-0.3, -0.25) is 9.36 Å². The average Bonchev–Trinajstić information content (AvgIpc) is 3.06. The van der Waals surface area contributed by atoms with Crippen LogP contribution in [0.1, 0.15) is 25.7 Å². The Morgan fingerprint density at radius 2 is 1.80 bits per heavy atom. The molecule has 0 aliphatic carbocycles. The van der Waals surface area contributed by atoms with Crippen LogP contribution in [0.2, 0.25) is 5.02 Å². The Morgan fingerprint density at radius 3 is 2.53 bits per heavy atom. The highest BCUT2D eigenvalue weighted by molar-refractivity contribution is 7.99. The van der Waals surface area contributed by atoms with Crippen LogP contribution in [0.25, 0.3) is 5.69 Å². The van der Waals surface area contributed by atoms with Crippen LogP contribution < -0.4 is 10.2 Å². The average molecular weight is 442 g/mol. The van der Waals surface area contributed by atoms with E-state index in [9.17, 15) is 4.79 Å². The van der Waals surface area contributed by atoms with E-state index in [2.05, 4.69) is 32.5 Å². The predicted octanol–water partition coefficient (Wildman–Crippen LogP) is 5.03. The SMILES string of the molecule is O=C(CSc1nncn1-c1cccc(Cl)c1)Nc1ccc(N2CCCCCC2)cc1. The molecule has 0 radical (unpaired) electrons. The van der Waals surface area contributed by atoms with Gasteiger partial charge in [-0.25, -0.2) is 0 Å². The Bertz CT molecular complexity index is 983. The summed E-state index contributed by atoms with van der Waals surface area (Å²) in [5.74, 6) is 0.163. The molecule has 1 fully saturated rings. The molecule has 2 aromatic carbocycles. The quantitative estimate of drug-likeness (QED) is 0.543. The molecular weight excluding hydrogens is 418 g/mol. The van der Waals surface area contributed by atoms with E-state index in [-0.39, 0.29) is 11.7 Å². The van der Waals surface area contributed by atoms with Crippen LogP contribution in [0.5, 0.6) is 0 Å². The van der Waals surface area contributed by atoms with Crippen molar-refractivity contribution < 1.29 is 4.79 Å². The summed E-state index contributed by atoms with van der Waals surface area (Å²) in [4.78, 5) is 14.8. The van der Waals surface area contributed by atoms with Crippen molar-refractivity contribution in [2.75, 3.05) is 29.1 Å². The minimum Gasteiger partial charge on any atom is -0.372 e. The molecule has 1 N–H and O–H groups in total. The Hall–Kier alpha value is -2.51. The molecule has 0 bridgehead atoms. The predicted molar refractivity (Wildman–Crippen MR) is 123 cm³/mol. The monoisotopic (exact) mass is 441 g/mol. The van der Waals surface area contributed by atoms with Crippen LogP contribution >= 0.6 is 23.4 Å². The molecule has 1 amide bonds. The molecule has 3 aromatic rings. The number of nitrogens with zero attached hydrogens (tertiary/aromatic N) is 4. The number of hydrogen-bond donors (Lipinski definition) is 1. The minimum absolute atomic E-state index is 0.0804. The molecule has 1 aromatic heterocycles. The first-order chi connectivity index (χ1) is 14.7. The number of hydrogen-bond acceptors (Lipinski definition) is 5. The highest BCUT2D eigenvalue weighted by Gasteiger charge is 2.12. The fraction of sp³-hybridized carbons (Fsp3) is 0.318. The Kier molecular flexibility index (Phi) is 6.92. The van der Waals surface area contributed by atoms with Crippen molar-refractivity contribution >= 4 is 40.6 Å². The van der Waals surface area contributed by atoms with Gasteiger partial charge in [0, 0.05) is 29.5 Å². The molecular formula is C22H24ClN5OS. The summed E-state index contributed by atoms with van der Waals surface area (Å²) < 4.78 is 1.82. The lowest BCUT2D eigenvalue weighted by atomic mass is 10.2. The van der Waals surface area contributed by atoms with Gasteiger partial charge in [-0.2, -0.15) is 0 Å². The van der Waals surface area contributed by atoms with Gasteiger partial charge in [-0.15, -0.1) is 10.2 Å². The Balaban J connectivity index is 1.33. The second kappa shape index (κ2) is 10.00. The third-order valence-corrected chi connectivity index (χ3v) is 6.24. The van der Waals surface area contributed by atoms with E-state index in [0.717, 1.165) is 24.5 Å². The molecule has 1 aliphatic rings. The lowest BCUT2D eigenvalue weighted by molar-refractivity contribution is -0.113. The molecule has 1 saturated heterocycles. The third-order valence-electron chi connectivity index (χ3n) is 5.06. The molecule has 0 spiro atoms. The topological polar surface area (TPSA) is 63.1 Å². The van der Waals surface area contributed by atoms with Gasteiger partial charge in [0.1, 0.15) is 6.33 Å². The van der Waals surface area contributed by atoms with E-state index in [1.807, 2.05) is 41.0 Å². The molecule has 6 nitrogen and oxygen atoms in total. The number of thioether (sulfide) groups is 1. The van der Waals surface area contributed by atoms with Crippen LogP contribution in [0.15, 0.2) is 60.0 Å². The van der Waals surface area contributed by atoms with Crippen molar-refractivity contribution in [1.82, 2.24) is 14.8 Å². The van der Waals surface area contributed by atoms with Crippen LogP contribution in [-0.2, 0) is 4.79 Å². The number of benzene rings is 2. The molecule has 0 saturated carbocycles. The summed E-state index contributed by atoms with van der Waals surface area (Å²) >= 11 is 7.41. The van der Waals surface area contributed by atoms with Crippen molar-refractivity contribution in [2.24, 2.45) is 0 Å². The molecule has 0 unspecified atom stereocenters. The molecule has 2 heterocycles. The molecule has 156 valence electrons. The number of carbonyl (C=O) groups excluding carboxylic acids is 1. The van der Waals surface area contributed by atoms with E-state index < -0.39 is 0 Å². The van der Waals surface area contributed by atoms with Gasteiger partial charge < -0.3 is 10.2 Å². The fourth-order valence-electron chi connectivity index (χ4n) is 3.54. The number of carbonyl (C=O) groups is 1. The van der Waals surface area contributed by atoms with Crippen LogP contribution in [0.3, 0.4) is 0 Å². The van der Waals surface area contributed by atoms with Gasteiger partial charge in [-0.1, -0.05) is 42.3 Å². The van der Waals surface area contributed by atoms with Crippen molar-refractivity contribution in [3.63, 3.8) is 0 Å². The Morgan fingerprint density at radius 1 is 1.03 bits per heavy atom. The number of aromatic nitrogens is 3. The lowest BCUT2D eigenvalue weighted by Crippen LogP contribution is -2.23. The maximum absolute atomic E-state index is 12.4. The number of anilines is 2.